The molecule has 1 unspecified atom stereocenters. The molecule has 1 fully saturated rings. The maximum Gasteiger partial charge on any atom is 0.224 e. The monoisotopic (exact) mass is 433 g/mol. The fourth-order valence-corrected chi connectivity index (χ4v) is 3.44. The molecule has 2 heterocycles. The van der Waals surface area contributed by atoms with Crippen LogP contribution in [0.5, 0.6) is 11.5 Å². The van der Waals surface area contributed by atoms with Crippen molar-refractivity contribution in [2.75, 3.05) is 18.4 Å². The second kappa shape index (κ2) is 11.0. The van der Waals surface area contributed by atoms with Crippen molar-refractivity contribution in [2.24, 2.45) is 5.92 Å². The van der Waals surface area contributed by atoms with Crippen LogP contribution < -0.4 is 15.4 Å². The van der Waals surface area contributed by atoms with Gasteiger partial charge in [0.2, 0.25) is 5.91 Å². The summed E-state index contributed by atoms with van der Waals surface area (Å²) >= 11 is 0. The number of para-hydroxylation sites is 1. The van der Waals surface area contributed by atoms with E-state index >= 15 is 0 Å². The third kappa shape index (κ3) is 6.07. The number of fused-ring (bicyclic) bond motifs is 1. The van der Waals surface area contributed by atoms with Gasteiger partial charge in [0.25, 0.3) is 0 Å². The van der Waals surface area contributed by atoms with E-state index in [-0.39, 0.29) is 30.7 Å². The predicted octanol–water partition coefficient (Wildman–Crippen LogP) is 5.20. The quantitative estimate of drug-likeness (QED) is 0.560. The number of benzene rings is 2. The maximum atomic E-state index is 12.2. The topological polar surface area (TPSA) is 63.2 Å². The number of hydrogen-bond donors (Lipinski definition) is 2. The Bertz CT molecular complexity index is 941. The molecule has 1 saturated heterocycles. The molecule has 154 valence electrons. The number of halogens is 2. The van der Waals surface area contributed by atoms with E-state index in [0.717, 1.165) is 48.3 Å². The number of nitrogens with zero attached hydrogens (tertiary/aromatic N) is 1. The summed E-state index contributed by atoms with van der Waals surface area (Å²) < 4.78 is 6.06. The number of ether oxygens (including phenoxy) is 1. The van der Waals surface area contributed by atoms with Crippen LogP contribution in [-0.4, -0.2) is 24.0 Å². The van der Waals surface area contributed by atoms with Gasteiger partial charge < -0.3 is 15.4 Å². The van der Waals surface area contributed by atoms with E-state index < -0.39 is 0 Å². The zero-order valence-electron chi connectivity index (χ0n) is 16.0. The van der Waals surface area contributed by atoms with Crippen molar-refractivity contribution in [1.29, 1.82) is 0 Å². The summed E-state index contributed by atoms with van der Waals surface area (Å²) in [5.41, 5.74) is 1.64. The second-order valence-corrected chi connectivity index (χ2v) is 6.90. The van der Waals surface area contributed by atoms with E-state index in [9.17, 15) is 4.79 Å². The lowest BCUT2D eigenvalue weighted by atomic mass is 10.0. The van der Waals surface area contributed by atoms with Crippen LogP contribution >= 0.6 is 24.8 Å². The number of carbonyl (C=O) groups is 1. The molecular formula is C22H25Cl2N3O2. The first kappa shape index (κ1) is 22.9. The Labute approximate surface area is 183 Å². The number of hydrogen-bond acceptors (Lipinski definition) is 4. The SMILES string of the molecule is Cl.Cl.O=C(CCC1CCNC1)Nc1cccc(Oc2ccnc3ccccc23)c1. The lowest BCUT2D eigenvalue weighted by Crippen LogP contribution is -2.15. The Balaban J connectivity index is 0.00000150. The fraction of sp³-hybridized carbons (Fsp3) is 0.273. The van der Waals surface area contributed by atoms with Gasteiger partial charge in [-0.3, -0.25) is 9.78 Å². The molecular weight excluding hydrogens is 409 g/mol. The number of nitrogens with one attached hydrogen (secondary N) is 2. The highest BCUT2D eigenvalue weighted by molar-refractivity contribution is 5.91. The van der Waals surface area contributed by atoms with E-state index in [1.807, 2.05) is 54.6 Å². The van der Waals surface area contributed by atoms with Crippen molar-refractivity contribution in [2.45, 2.75) is 19.3 Å². The molecule has 0 bridgehead atoms. The second-order valence-electron chi connectivity index (χ2n) is 6.90. The van der Waals surface area contributed by atoms with E-state index in [1.54, 1.807) is 6.20 Å². The summed E-state index contributed by atoms with van der Waals surface area (Å²) in [7, 11) is 0. The molecule has 1 aliphatic heterocycles. The van der Waals surface area contributed by atoms with Crippen molar-refractivity contribution in [1.82, 2.24) is 10.3 Å². The van der Waals surface area contributed by atoms with Gasteiger partial charge >= 0.3 is 0 Å². The number of rotatable bonds is 6. The normalized spacial score (nSPS) is 15.2. The van der Waals surface area contributed by atoms with Crippen molar-refractivity contribution >= 4 is 47.3 Å². The lowest BCUT2D eigenvalue weighted by molar-refractivity contribution is -0.116. The standard InChI is InChI=1S/C22H23N3O2.2ClH/c26-22(9-8-16-10-12-23-15-16)25-17-4-3-5-18(14-17)27-21-11-13-24-20-7-2-1-6-19(20)21;;/h1-7,11,13-14,16,23H,8-10,12,15H2,(H,25,26);2*1H. The Kier molecular flexibility index (Phi) is 8.70. The highest BCUT2D eigenvalue weighted by Crippen LogP contribution is 2.29. The van der Waals surface area contributed by atoms with Crippen LogP contribution in [0.3, 0.4) is 0 Å². The summed E-state index contributed by atoms with van der Waals surface area (Å²) in [4.78, 5) is 16.6. The third-order valence-electron chi connectivity index (χ3n) is 4.90. The van der Waals surface area contributed by atoms with Gasteiger partial charge in [0.1, 0.15) is 11.5 Å². The summed E-state index contributed by atoms with van der Waals surface area (Å²) in [5, 5.41) is 7.27. The first-order chi connectivity index (χ1) is 13.3. The van der Waals surface area contributed by atoms with Crippen LogP contribution in [0.2, 0.25) is 0 Å². The third-order valence-corrected chi connectivity index (χ3v) is 4.90. The fourth-order valence-electron chi connectivity index (χ4n) is 3.44. The summed E-state index contributed by atoms with van der Waals surface area (Å²) in [5.74, 6) is 2.10. The summed E-state index contributed by atoms with van der Waals surface area (Å²) in [6, 6.07) is 17.2. The molecule has 0 saturated carbocycles. The molecule has 2 aromatic carbocycles. The zero-order chi connectivity index (χ0) is 18.5. The van der Waals surface area contributed by atoms with Crippen molar-refractivity contribution < 1.29 is 9.53 Å². The van der Waals surface area contributed by atoms with Gasteiger partial charge in [-0.1, -0.05) is 18.2 Å². The average Bonchev–Trinajstić information content (AvgIpc) is 3.21. The number of carbonyl (C=O) groups excluding carboxylic acids is 1. The molecule has 0 radical (unpaired) electrons. The first-order valence-corrected chi connectivity index (χ1v) is 9.40. The molecule has 1 amide bonds. The molecule has 4 rings (SSSR count). The number of aromatic nitrogens is 1. The van der Waals surface area contributed by atoms with Crippen LogP contribution in [0.1, 0.15) is 19.3 Å². The average molecular weight is 434 g/mol. The summed E-state index contributed by atoms with van der Waals surface area (Å²) in [6.07, 6.45) is 4.38. The van der Waals surface area contributed by atoms with Crippen LogP contribution in [-0.2, 0) is 4.79 Å². The van der Waals surface area contributed by atoms with Gasteiger partial charge in [-0.25, -0.2) is 0 Å². The Morgan fingerprint density at radius 1 is 1.14 bits per heavy atom. The molecule has 5 nitrogen and oxygen atoms in total. The molecule has 0 aliphatic carbocycles. The van der Waals surface area contributed by atoms with Crippen molar-refractivity contribution in [3.63, 3.8) is 0 Å². The molecule has 7 heteroatoms. The minimum absolute atomic E-state index is 0. The minimum atomic E-state index is 0. The van der Waals surface area contributed by atoms with Gasteiger partial charge in [-0.15, -0.1) is 24.8 Å². The lowest BCUT2D eigenvalue weighted by Gasteiger charge is -2.11. The Hall–Kier alpha value is -2.34. The maximum absolute atomic E-state index is 12.2. The van der Waals surface area contributed by atoms with Crippen LogP contribution in [0, 0.1) is 5.92 Å². The van der Waals surface area contributed by atoms with Crippen molar-refractivity contribution in [3.05, 3.63) is 60.8 Å². The molecule has 29 heavy (non-hydrogen) atoms. The smallest absolute Gasteiger partial charge is 0.224 e. The largest absolute Gasteiger partial charge is 0.457 e. The predicted molar refractivity (Wildman–Crippen MR) is 122 cm³/mol. The highest BCUT2D eigenvalue weighted by atomic mass is 35.5. The molecule has 0 spiro atoms. The zero-order valence-corrected chi connectivity index (χ0v) is 17.6. The number of anilines is 1. The van der Waals surface area contributed by atoms with E-state index in [0.29, 0.717) is 18.1 Å². The van der Waals surface area contributed by atoms with Gasteiger partial charge in [-0.05, 0) is 62.2 Å². The van der Waals surface area contributed by atoms with Gasteiger partial charge in [-0.2, -0.15) is 0 Å². The molecule has 1 atom stereocenters. The van der Waals surface area contributed by atoms with Gasteiger partial charge in [0, 0.05) is 29.8 Å². The molecule has 3 aromatic rings. The van der Waals surface area contributed by atoms with E-state index in [2.05, 4.69) is 15.6 Å². The van der Waals surface area contributed by atoms with Crippen LogP contribution in [0.25, 0.3) is 10.9 Å². The van der Waals surface area contributed by atoms with Crippen molar-refractivity contribution in [3.8, 4) is 11.5 Å². The summed E-state index contributed by atoms with van der Waals surface area (Å²) in [6.45, 7) is 2.09. The van der Waals surface area contributed by atoms with Gasteiger partial charge in [0.15, 0.2) is 0 Å². The van der Waals surface area contributed by atoms with Gasteiger partial charge in [0.05, 0.1) is 5.52 Å². The number of pyridine rings is 1. The Morgan fingerprint density at radius 2 is 2.00 bits per heavy atom. The first-order valence-electron chi connectivity index (χ1n) is 9.40. The highest BCUT2D eigenvalue weighted by Gasteiger charge is 2.15. The minimum Gasteiger partial charge on any atom is -0.457 e. The van der Waals surface area contributed by atoms with E-state index in [4.69, 9.17) is 4.74 Å². The molecule has 2 N–H and O–H groups in total. The molecule has 1 aliphatic rings. The molecule has 1 aromatic heterocycles. The number of amides is 1. The van der Waals surface area contributed by atoms with E-state index in [1.165, 1.54) is 0 Å². The van der Waals surface area contributed by atoms with Crippen LogP contribution in [0.15, 0.2) is 60.8 Å². The Morgan fingerprint density at radius 3 is 2.83 bits per heavy atom. The van der Waals surface area contributed by atoms with Crippen LogP contribution in [0.4, 0.5) is 5.69 Å².